The van der Waals surface area contributed by atoms with E-state index in [1.54, 1.807) is 28.4 Å². The second-order valence-corrected chi connectivity index (χ2v) is 8.64. The Labute approximate surface area is 187 Å². The quantitative estimate of drug-likeness (QED) is 0.659. The fourth-order valence-corrected chi connectivity index (χ4v) is 4.65. The van der Waals surface area contributed by atoms with Crippen molar-refractivity contribution in [3.05, 3.63) is 52.0 Å². The molecule has 0 spiro atoms. The van der Waals surface area contributed by atoms with Gasteiger partial charge in [-0.15, -0.1) is 11.3 Å². The molecular weight excluding hydrogens is 417 g/mol. The lowest BCUT2D eigenvalue weighted by molar-refractivity contribution is -0.135. The minimum absolute atomic E-state index is 0.0212. The first-order chi connectivity index (χ1) is 14.9. The standard InChI is InChI=1S/C23H30FN3O3S/c1-4-16(3)27(23(29)25-5-2)14-22(28)26-12-10-21-19(11-13-31-21)20(26)15-30-18-8-6-17(24)7-9-18/h6-9,11,13,16,20H,4-5,10,12,14-15H2,1-3H3,(H,25,29). The lowest BCUT2D eigenvalue weighted by Crippen LogP contribution is -2.52. The number of carbonyl (C=O) groups excluding carboxylic acids is 2. The number of nitrogens with zero attached hydrogens (tertiary/aromatic N) is 2. The molecule has 168 valence electrons. The van der Waals surface area contributed by atoms with Gasteiger partial charge in [0.15, 0.2) is 0 Å². The third-order valence-corrected chi connectivity index (χ3v) is 6.65. The fourth-order valence-electron chi connectivity index (χ4n) is 3.72. The predicted octanol–water partition coefficient (Wildman–Crippen LogP) is 4.22. The van der Waals surface area contributed by atoms with E-state index in [2.05, 4.69) is 5.32 Å². The number of nitrogens with one attached hydrogen (secondary N) is 1. The summed E-state index contributed by atoms with van der Waals surface area (Å²) in [6.45, 7) is 7.19. The van der Waals surface area contributed by atoms with Crippen LogP contribution >= 0.6 is 11.3 Å². The van der Waals surface area contributed by atoms with Gasteiger partial charge in [0.2, 0.25) is 5.91 Å². The summed E-state index contributed by atoms with van der Waals surface area (Å²) < 4.78 is 19.1. The highest BCUT2D eigenvalue weighted by molar-refractivity contribution is 7.10. The summed E-state index contributed by atoms with van der Waals surface area (Å²) in [6, 6.07) is 7.38. The van der Waals surface area contributed by atoms with Crippen LogP contribution in [0.25, 0.3) is 0 Å². The van der Waals surface area contributed by atoms with E-state index in [1.165, 1.54) is 17.0 Å². The summed E-state index contributed by atoms with van der Waals surface area (Å²) in [5.41, 5.74) is 1.08. The summed E-state index contributed by atoms with van der Waals surface area (Å²) in [7, 11) is 0. The van der Waals surface area contributed by atoms with E-state index < -0.39 is 0 Å². The number of halogens is 1. The Balaban J connectivity index is 1.77. The lowest BCUT2D eigenvalue weighted by atomic mass is 10.00. The number of rotatable bonds is 8. The van der Waals surface area contributed by atoms with E-state index in [-0.39, 0.29) is 43.0 Å². The summed E-state index contributed by atoms with van der Waals surface area (Å²) >= 11 is 1.68. The average molecular weight is 448 g/mol. The van der Waals surface area contributed by atoms with Crippen molar-refractivity contribution in [2.24, 2.45) is 0 Å². The van der Waals surface area contributed by atoms with Gasteiger partial charge < -0.3 is 19.9 Å². The minimum Gasteiger partial charge on any atom is -0.491 e. The molecular formula is C23H30FN3O3S. The van der Waals surface area contributed by atoms with Crippen molar-refractivity contribution in [1.29, 1.82) is 0 Å². The molecule has 0 fully saturated rings. The number of thiophene rings is 1. The van der Waals surface area contributed by atoms with Gasteiger partial charge in [-0.3, -0.25) is 4.79 Å². The molecule has 1 aliphatic rings. The Morgan fingerprint density at radius 3 is 2.71 bits per heavy atom. The molecule has 1 aromatic heterocycles. The molecule has 2 aromatic rings. The van der Waals surface area contributed by atoms with Crippen LogP contribution in [0.4, 0.5) is 9.18 Å². The molecule has 0 aliphatic carbocycles. The zero-order valence-corrected chi connectivity index (χ0v) is 19.1. The van der Waals surface area contributed by atoms with Crippen LogP contribution in [0.15, 0.2) is 35.7 Å². The predicted molar refractivity (Wildman–Crippen MR) is 120 cm³/mol. The van der Waals surface area contributed by atoms with Crippen molar-refractivity contribution in [3.63, 3.8) is 0 Å². The van der Waals surface area contributed by atoms with Gasteiger partial charge in [-0.25, -0.2) is 9.18 Å². The number of urea groups is 1. The monoisotopic (exact) mass is 447 g/mol. The van der Waals surface area contributed by atoms with Crippen molar-refractivity contribution in [1.82, 2.24) is 15.1 Å². The van der Waals surface area contributed by atoms with Crippen molar-refractivity contribution >= 4 is 23.3 Å². The largest absolute Gasteiger partial charge is 0.491 e. The van der Waals surface area contributed by atoms with E-state index in [4.69, 9.17) is 4.74 Å². The highest BCUT2D eigenvalue weighted by atomic mass is 32.1. The molecule has 0 radical (unpaired) electrons. The molecule has 1 N–H and O–H groups in total. The molecule has 2 heterocycles. The zero-order valence-electron chi connectivity index (χ0n) is 18.3. The molecule has 0 saturated heterocycles. The molecule has 6 nitrogen and oxygen atoms in total. The molecule has 0 saturated carbocycles. The number of carbonyl (C=O) groups is 2. The summed E-state index contributed by atoms with van der Waals surface area (Å²) in [6.07, 6.45) is 1.55. The first-order valence-corrected chi connectivity index (χ1v) is 11.6. The topological polar surface area (TPSA) is 61.9 Å². The van der Waals surface area contributed by atoms with Gasteiger partial charge in [0.1, 0.15) is 24.7 Å². The minimum atomic E-state index is -0.322. The average Bonchev–Trinajstić information content (AvgIpc) is 3.25. The maximum atomic E-state index is 13.3. The normalized spacial score (nSPS) is 16.4. The van der Waals surface area contributed by atoms with Gasteiger partial charge in [-0.2, -0.15) is 0 Å². The van der Waals surface area contributed by atoms with Crippen LogP contribution in [0, 0.1) is 5.82 Å². The Hall–Kier alpha value is -2.61. The molecule has 3 rings (SSSR count). The highest BCUT2D eigenvalue weighted by Crippen LogP contribution is 2.34. The van der Waals surface area contributed by atoms with E-state index in [9.17, 15) is 14.0 Å². The first kappa shape index (κ1) is 23.1. The second-order valence-electron chi connectivity index (χ2n) is 7.64. The molecule has 0 bridgehead atoms. The van der Waals surface area contributed by atoms with Gasteiger partial charge in [-0.05, 0) is 68.0 Å². The Kier molecular flexibility index (Phi) is 7.90. The molecule has 31 heavy (non-hydrogen) atoms. The van der Waals surface area contributed by atoms with Crippen LogP contribution in [0.2, 0.25) is 0 Å². The van der Waals surface area contributed by atoms with Crippen molar-refractivity contribution in [2.45, 2.75) is 45.7 Å². The number of hydrogen-bond acceptors (Lipinski definition) is 4. The Bertz CT molecular complexity index is 886. The van der Waals surface area contributed by atoms with Gasteiger partial charge in [0.05, 0.1) is 6.04 Å². The molecule has 2 unspecified atom stereocenters. The number of hydrogen-bond donors (Lipinski definition) is 1. The maximum absolute atomic E-state index is 13.3. The van der Waals surface area contributed by atoms with Gasteiger partial charge in [0.25, 0.3) is 0 Å². The second kappa shape index (κ2) is 10.6. The number of amides is 3. The number of fused-ring (bicyclic) bond motifs is 1. The van der Waals surface area contributed by atoms with Crippen LogP contribution in [0.3, 0.4) is 0 Å². The first-order valence-electron chi connectivity index (χ1n) is 10.7. The Morgan fingerprint density at radius 2 is 2.03 bits per heavy atom. The van der Waals surface area contributed by atoms with Crippen molar-refractivity contribution in [2.75, 3.05) is 26.2 Å². The highest BCUT2D eigenvalue weighted by Gasteiger charge is 2.34. The maximum Gasteiger partial charge on any atom is 0.318 e. The molecule has 1 aromatic carbocycles. The SMILES string of the molecule is CCNC(=O)N(CC(=O)N1CCc2sccc2C1COc1ccc(F)cc1)C(C)CC. The number of ether oxygens (including phenoxy) is 1. The summed E-state index contributed by atoms with van der Waals surface area (Å²) in [5, 5.41) is 4.84. The third-order valence-electron chi connectivity index (χ3n) is 5.65. The van der Waals surface area contributed by atoms with Crippen LogP contribution in [-0.2, 0) is 11.2 Å². The van der Waals surface area contributed by atoms with E-state index in [0.717, 1.165) is 18.4 Å². The summed E-state index contributed by atoms with van der Waals surface area (Å²) in [4.78, 5) is 30.5. The van der Waals surface area contributed by atoms with Crippen LogP contribution in [0.1, 0.15) is 43.7 Å². The molecule has 8 heteroatoms. The van der Waals surface area contributed by atoms with Crippen LogP contribution < -0.4 is 10.1 Å². The smallest absolute Gasteiger partial charge is 0.318 e. The number of benzene rings is 1. The van der Waals surface area contributed by atoms with Gasteiger partial charge in [0, 0.05) is 24.0 Å². The zero-order chi connectivity index (χ0) is 22.4. The van der Waals surface area contributed by atoms with Crippen molar-refractivity contribution < 1.29 is 18.7 Å². The van der Waals surface area contributed by atoms with E-state index in [0.29, 0.717) is 18.8 Å². The van der Waals surface area contributed by atoms with E-state index >= 15 is 0 Å². The van der Waals surface area contributed by atoms with E-state index in [1.807, 2.05) is 37.1 Å². The third kappa shape index (κ3) is 5.55. The van der Waals surface area contributed by atoms with Crippen LogP contribution in [0.5, 0.6) is 5.75 Å². The van der Waals surface area contributed by atoms with Gasteiger partial charge >= 0.3 is 6.03 Å². The lowest BCUT2D eigenvalue weighted by Gasteiger charge is -2.38. The molecule has 2 atom stereocenters. The molecule has 3 amide bonds. The van der Waals surface area contributed by atoms with Crippen molar-refractivity contribution in [3.8, 4) is 5.75 Å². The van der Waals surface area contributed by atoms with Gasteiger partial charge in [-0.1, -0.05) is 6.92 Å². The Morgan fingerprint density at radius 1 is 1.29 bits per heavy atom. The molecule has 1 aliphatic heterocycles. The van der Waals surface area contributed by atoms with Crippen LogP contribution in [-0.4, -0.2) is 54.0 Å². The fraction of sp³-hybridized carbons (Fsp3) is 0.478. The summed E-state index contributed by atoms with van der Waals surface area (Å²) in [5.74, 6) is 0.133.